The van der Waals surface area contributed by atoms with Crippen LogP contribution in [0.2, 0.25) is 0 Å². The number of piperazine rings is 1. The number of amides is 1. The average Bonchev–Trinajstić information content (AvgIpc) is 3.28. The molecule has 0 atom stereocenters. The zero-order chi connectivity index (χ0) is 23.7. The number of nitrogens with zero attached hydrogens (tertiary/aromatic N) is 3. The van der Waals surface area contributed by atoms with E-state index in [1.807, 2.05) is 11.0 Å². The van der Waals surface area contributed by atoms with E-state index < -0.39 is 11.7 Å². The van der Waals surface area contributed by atoms with Crippen molar-refractivity contribution in [3.8, 4) is 0 Å². The Morgan fingerprint density at radius 3 is 2.47 bits per heavy atom. The maximum Gasteiger partial charge on any atom is 0.416 e. The van der Waals surface area contributed by atoms with Crippen LogP contribution < -0.4 is 5.32 Å². The second-order valence-electron chi connectivity index (χ2n) is 9.03. The fourth-order valence-electron chi connectivity index (χ4n) is 4.76. The summed E-state index contributed by atoms with van der Waals surface area (Å²) in [4.78, 5) is 21.7. The van der Waals surface area contributed by atoms with E-state index >= 15 is 0 Å². The van der Waals surface area contributed by atoms with Crippen LogP contribution in [-0.2, 0) is 23.9 Å². The first-order valence-corrected chi connectivity index (χ1v) is 11.7. The second kappa shape index (κ2) is 9.35. The highest BCUT2D eigenvalue weighted by Gasteiger charge is 2.31. The molecule has 8 heteroatoms. The van der Waals surface area contributed by atoms with Crippen molar-refractivity contribution in [1.82, 2.24) is 15.1 Å². The third-order valence-electron chi connectivity index (χ3n) is 6.72. The van der Waals surface area contributed by atoms with Gasteiger partial charge in [-0.3, -0.25) is 9.69 Å². The van der Waals surface area contributed by atoms with Gasteiger partial charge in [0.2, 0.25) is 0 Å². The van der Waals surface area contributed by atoms with Gasteiger partial charge in [0.15, 0.2) is 0 Å². The van der Waals surface area contributed by atoms with Crippen molar-refractivity contribution >= 4 is 22.9 Å². The molecular weight excluding hydrogens is 441 g/mol. The molecule has 0 radical (unpaired) electrons. The molecule has 3 heterocycles. The molecule has 0 saturated carbocycles. The summed E-state index contributed by atoms with van der Waals surface area (Å²) in [6.07, 6.45) is -0.544. The summed E-state index contributed by atoms with van der Waals surface area (Å²) in [7, 11) is 0. The topological polar surface area (TPSA) is 47.9 Å². The molecule has 2 aromatic carbocycles. The number of hydrogen-bond acceptors (Lipinski definition) is 4. The highest BCUT2D eigenvalue weighted by Crippen LogP contribution is 2.32. The first-order chi connectivity index (χ1) is 16.4. The minimum Gasteiger partial charge on any atom is -0.335 e. The van der Waals surface area contributed by atoms with Gasteiger partial charge >= 0.3 is 6.18 Å². The Morgan fingerprint density at radius 2 is 1.79 bits per heavy atom. The third-order valence-corrected chi connectivity index (χ3v) is 6.72. The normalized spacial score (nSPS) is 19.0. The molecule has 34 heavy (non-hydrogen) atoms. The molecule has 1 saturated heterocycles. The SMILES string of the molecule is O=C(C1=Nc2ccc(C3=CCNCC3)cc2C1)N1CCN(Cc2ccc(C(F)(F)F)cc2)CC1. The maximum atomic E-state index is 13.1. The number of carbonyl (C=O) groups excluding carboxylic acids is 1. The molecule has 0 bridgehead atoms. The lowest BCUT2D eigenvalue weighted by atomic mass is 9.97. The van der Waals surface area contributed by atoms with Crippen LogP contribution in [0, 0.1) is 0 Å². The van der Waals surface area contributed by atoms with Gasteiger partial charge < -0.3 is 10.2 Å². The second-order valence-corrected chi connectivity index (χ2v) is 9.03. The first kappa shape index (κ1) is 22.8. The van der Waals surface area contributed by atoms with Gasteiger partial charge in [0, 0.05) is 45.7 Å². The molecule has 3 aliphatic heterocycles. The van der Waals surface area contributed by atoms with E-state index in [1.165, 1.54) is 23.3 Å². The molecule has 0 unspecified atom stereocenters. The van der Waals surface area contributed by atoms with Crippen LogP contribution in [0.25, 0.3) is 5.57 Å². The molecule has 0 aliphatic carbocycles. The Morgan fingerprint density at radius 1 is 1.03 bits per heavy atom. The van der Waals surface area contributed by atoms with Gasteiger partial charge in [-0.15, -0.1) is 0 Å². The molecule has 5 rings (SSSR count). The van der Waals surface area contributed by atoms with Crippen molar-refractivity contribution in [2.45, 2.75) is 25.6 Å². The predicted molar refractivity (Wildman–Crippen MR) is 126 cm³/mol. The van der Waals surface area contributed by atoms with E-state index in [4.69, 9.17) is 0 Å². The van der Waals surface area contributed by atoms with E-state index in [1.54, 1.807) is 0 Å². The highest BCUT2D eigenvalue weighted by molar-refractivity contribution is 6.40. The fraction of sp³-hybridized carbons (Fsp3) is 0.385. The van der Waals surface area contributed by atoms with Gasteiger partial charge in [-0.05, 0) is 59.5 Å². The quantitative estimate of drug-likeness (QED) is 0.737. The number of aliphatic imine (C=N–C) groups is 1. The van der Waals surface area contributed by atoms with Gasteiger partial charge in [-0.25, -0.2) is 4.99 Å². The zero-order valence-corrected chi connectivity index (χ0v) is 18.9. The zero-order valence-electron chi connectivity index (χ0n) is 18.9. The van der Waals surface area contributed by atoms with Crippen LogP contribution >= 0.6 is 0 Å². The Bertz CT molecular complexity index is 1130. The minimum atomic E-state index is -4.32. The number of carbonyl (C=O) groups is 1. The number of halogens is 3. The monoisotopic (exact) mass is 468 g/mol. The molecule has 1 fully saturated rings. The van der Waals surface area contributed by atoms with Crippen molar-refractivity contribution in [1.29, 1.82) is 0 Å². The Balaban J connectivity index is 1.15. The van der Waals surface area contributed by atoms with E-state index in [2.05, 4.69) is 33.4 Å². The lowest BCUT2D eigenvalue weighted by Crippen LogP contribution is -2.50. The molecule has 2 aromatic rings. The molecule has 0 aromatic heterocycles. The van der Waals surface area contributed by atoms with Crippen molar-refractivity contribution in [3.63, 3.8) is 0 Å². The fourth-order valence-corrected chi connectivity index (χ4v) is 4.76. The van der Waals surface area contributed by atoms with Crippen LogP contribution in [0.1, 0.15) is 28.7 Å². The van der Waals surface area contributed by atoms with E-state index in [0.717, 1.165) is 48.5 Å². The molecule has 178 valence electrons. The van der Waals surface area contributed by atoms with Crippen molar-refractivity contribution in [2.75, 3.05) is 39.3 Å². The summed E-state index contributed by atoms with van der Waals surface area (Å²) < 4.78 is 38.3. The predicted octanol–water partition coefficient (Wildman–Crippen LogP) is 4.06. The molecule has 5 nitrogen and oxygen atoms in total. The van der Waals surface area contributed by atoms with E-state index in [-0.39, 0.29) is 5.91 Å². The number of hydrogen-bond donors (Lipinski definition) is 1. The maximum absolute atomic E-state index is 13.1. The molecule has 1 N–H and O–H groups in total. The lowest BCUT2D eigenvalue weighted by Gasteiger charge is -2.34. The minimum absolute atomic E-state index is 0.0204. The van der Waals surface area contributed by atoms with Gasteiger partial charge in [-0.1, -0.05) is 24.3 Å². The Hall–Kier alpha value is -2.97. The van der Waals surface area contributed by atoms with Gasteiger partial charge in [0.25, 0.3) is 5.91 Å². The summed E-state index contributed by atoms with van der Waals surface area (Å²) in [6.45, 7) is 4.96. The molecular formula is C26H27F3N4O. The van der Waals surface area contributed by atoms with Gasteiger partial charge in [-0.2, -0.15) is 13.2 Å². The smallest absolute Gasteiger partial charge is 0.335 e. The Labute approximate surface area is 197 Å². The largest absolute Gasteiger partial charge is 0.416 e. The van der Waals surface area contributed by atoms with E-state index in [9.17, 15) is 18.0 Å². The van der Waals surface area contributed by atoms with Crippen molar-refractivity contribution in [2.24, 2.45) is 4.99 Å². The lowest BCUT2D eigenvalue weighted by molar-refractivity contribution is -0.137. The van der Waals surface area contributed by atoms with Crippen LogP contribution in [0.5, 0.6) is 0 Å². The van der Waals surface area contributed by atoms with Crippen molar-refractivity contribution in [3.05, 3.63) is 70.8 Å². The van der Waals surface area contributed by atoms with Crippen LogP contribution in [0.4, 0.5) is 18.9 Å². The Kier molecular flexibility index (Phi) is 6.27. The third kappa shape index (κ3) is 4.93. The van der Waals surface area contributed by atoms with E-state index in [0.29, 0.717) is 44.9 Å². The molecule has 3 aliphatic rings. The number of fused-ring (bicyclic) bond motifs is 1. The number of alkyl halides is 3. The summed E-state index contributed by atoms with van der Waals surface area (Å²) in [5.74, 6) is -0.0204. The van der Waals surface area contributed by atoms with Crippen LogP contribution in [-0.4, -0.2) is 60.7 Å². The number of rotatable bonds is 4. The summed E-state index contributed by atoms with van der Waals surface area (Å²) in [6, 6.07) is 11.6. The summed E-state index contributed by atoms with van der Waals surface area (Å²) >= 11 is 0. The summed E-state index contributed by atoms with van der Waals surface area (Å²) in [5, 5.41) is 3.33. The number of nitrogens with one attached hydrogen (secondary N) is 1. The average molecular weight is 469 g/mol. The number of benzene rings is 2. The van der Waals surface area contributed by atoms with Crippen molar-refractivity contribution < 1.29 is 18.0 Å². The standard InChI is InChI=1S/C26H27F3N4O/c27-26(28,29)22-4-1-18(2-5-22)17-32-11-13-33(14-12-32)25(34)24-16-21-15-20(3-6-23(21)31-24)19-7-9-30-10-8-19/h1-7,15,30H,8-14,16-17H2. The molecule has 1 amide bonds. The van der Waals surface area contributed by atoms with Crippen LogP contribution in [0.15, 0.2) is 53.5 Å². The highest BCUT2D eigenvalue weighted by atomic mass is 19.4. The summed E-state index contributed by atoms with van der Waals surface area (Å²) in [5.41, 5.74) is 5.31. The van der Waals surface area contributed by atoms with Gasteiger partial charge in [0.1, 0.15) is 5.71 Å². The van der Waals surface area contributed by atoms with Gasteiger partial charge in [0.05, 0.1) is 11.3 Å². The first-order valence-electron chi connectivity index (χ1n) is 11.7. The molecule has 0 spiro atoms. The van der Waals surface area contributed by atoms with Crippen LogP contribution in [0.3, 0.4) is 0 Å².